The van der Waals surface area contributed by atoms with Gasteiger partial charge in [-0.25, -0.2) is 0 Å². The van der Waals surface area contributed by atoms with Crippen LogP contribution >= 0.6 is 35.0 Å². The Morgan fingerprint density at radius 1 is 1.03 bits per heavy atom. The Labute approximate surface area is 217 Å². The topological polar surface area (TPSA) is 62.6 Å². The Balaban J connectivity index is 1.41. The van der Waals surface area contributed by atoms with Gasteiger partial charge in [0.25, 0.3) is 11.1 Å². The summed E-state index contributed by atoms with van der Waals surface area (Å²) in [6.07, 6.45) is 6.70. The lowest BCUT2D eigenvalue weighted by molar-refractivity contribution is -0.136. The number of rotatable bonds is 5. The van der Waals surface area contributed by atoms with E-state index in [0.29, 0.717) is 34.6 Å². The maximum Gasteiger partial charge on any atom is 0.294 e. The highest BCUT2D eigenvalue weighted by atomic mass is 35.5. The van der Waals surface area contributed by atoms with Crippen molar-refractivity contribution in [2.24, 2.45) is 0 Å². The van der Waals surface area contributed by atoms with Crippen molar-refractivity contribution >= 4 is 69.0 Å². The standard InChI is InChI=1S/C26H23Cl2N3O3S/c27-19-9-8-17(21(28)13-19)14-30-15-18(20-6-2-3-7-22(20)30)12-23-25(33)31(26(34)35-23)16-24(32)29-10-4-1-5-11-29/h2-3,6-9,12-13,15H,1,4-5,10-11,14,16H2/b23-12+. The van der Waals surface area contributed by atoms with Crippen molar-refractivity contribution in [3.05, 3.63) is 74.7 Å². The van der Waals surface area contributed by atoms with Crippen LogP contribution in [0.4, 0.5) is 4.79 Å². The van der Waals surface area contributed by atoms with E-state index in [1.54, 1.807) is 23.1 Å². The maximum absolute atomic E-state index is 13.1. The van der Waals surface area contributed by atoms with Crippen LogP contribution in [0.3, 0.4) is 0 Å². The van der Waals surface area contributed by atoms with Gasteiger partial charge in [0.2, 0.25) is 5.91 Å². The fourth-order valence-corrected chi connectivity index (χ4v) is 5.81. The number of aromatic nitrogens is 1. The number of halogens is 2. The van der Waals surface area contributed by atoms with E-state index in [-0.39, 0.29) is 12.5 Å². The van der Waals surface area contributed by atoms with Crippen LogP contribution in [0, 0.1) is 0 Å². The summed E-state index contributed by atoms with van der Waals surface area (Å²) < 4.78 is 2.06. The highest BCUT2D eigenvalue weighted by molar-refractivity contribution is 8.18. The van der Waals surface area contributed by atoms with Crippen LogP contribution in [0.15, 0.2) is 53.6 Å². The SMILES string of the molecule is O=C(CN1C(=O)S/C(=C/c2cn(Cc3ccc(Cl)cc3Cl)c3ccccc23)C1=O)N1CCCCC1. The zero-order chi connectivity index (χ0) is 24.5. The molecule has 2 saturated heterocycles. The van der Waals surface area contributed by atoms with Gasteiger partial charge in [0.1, 0.15) is 6.54 Å². The van der Waals surface area contributed by atoms with E-state index < -0.39 is 11.1 Å². The zero-order valence-corrected chi connectivity index (χ0v) is 21.2. The molecule has 6 nitrogen and oxygen atoms in total. The number of imide groups is 1. The lowest BCUT2D eigenvalue weighted by atomic mass is 10.1. The average molecular weight is 528 g/mol. The molecule has 0 saturated carbocycles. The van der Waals surface area contributed by atoms with Gasteiger partial charge >= 0.3 is 0 Å². The molecule has 0 spiro atoms. The Morgan fingerprint density at radius 2 is 1.80 bits per heavy atom. The molecule has 0 unspecified atom stereocenters. The minimum Gasteiger partial charge on any atom is -0.342 e. The molecule has 1 aromatic heterocycles. The molecule has 3 heterocycles. The van der Waals surface area contributed by atoms with Gasteiger partial charge in [-0.05, 0) is 60.9 Å². The molecule has 180 valence electrons. The third kappa shape index (κ3) is 4.99. The van der Waals surface area contributed by atoms with Gasteiger partial charge in [0.15, 0.2) is 0 Å². The van der Waals surface area contributed by atoms with E-state index in [9.17, 15) is 14.4 Å². The summed E-state index contributed by atoms with van der Waals surface area (Å²) in [5, 5.41) is 1.69. The molecule has 5 rings (SSSR count). The molecule has 3 aromatic rings. The van der Waals surface area contributed by atoms with Crippen LogP contribution < -0.4 is 0 Å². The highest BCUT2D eigenvalue weighted by Gasteiger charge is 2.37. The highest BCUT2D eigenvalue weighted by Crippen LogP contribution is 2.34. The van der Waals surface area contributed by atoms with Crippen LogP contribution in [0.25, 0.3) is 17.0 Å². The fraction of sp³-hybridized carbons (Fsp3) is 0.269. The first-order chi connectivity index (χ1) is 16.9. The number of carbonyl (C=O) groups is 3. The second kappa shape index (κ2) is 10.1. The summed E-state index contributed by atoms with van der Waals surface area (Å²) in [6.45, 7) is 1.68. The lowest BCUT2D eigenvalue weighted by Gasteiger charge is -2.27. The van der Waals surface area contributed by atoms with E-state index in [4.69, 9.17) is 23.2 Å². The number of amides is 3. The summed E-state index contributed by atoms with van der Waals surface area (Å²) in [4.78, 5) is 41.4. The van der Waals surface area contributed by atoms with E-state index >= 15 is 0 Å². The summed E-state index contributed by atoms with van der Waals surface area (Å²) >= 11 is 13.3. The monoisotopic (exact) mass is 527 g/mol. The largest absolute Gasteiger partial charge is 0.342 e. The first-order valence-electron chi connectivity index (χ1n) is 11.5. The molecule has 0 bridgehead atoms. The van der Waals surface area contributed by atoms with Crippen LogP contribution in [-0.4, -0.2) is 51.1 Å². The van der Waals surface area contributed by atoms with Gasteiger partial charge in [-0.3, -0.25) is 19.3 Å². The number of likely N-dealkylation sites (tertiary alicyclic amines) is 1. The van der Waals surface area contributed by atoms with Gasteiger partial charge in [-0.15, -0.1) is 0 Å². The van der Waals surface area contributed by atoms with Crippen molar-refractivity contribution in [3.63, 3.8) is 0 Å². The maximum atomic E-state index is 13.1. The number of carbonyl (C=O) groups excluding carboxylic acids is 3. The molecule has 9 heteroatoms. The van der Waals surface area contributed by atoms with Crippen molar-refractivity contribution in [3.8, 4) is 0 Å². The molecular formula is C26H23Cl2N3O3S. The lowest BCUT2D eigenvalue weighted by Crippen LogP contribution is -2.44. The van der Waals surface area contributed by atoms with Crippen LogP contribution in [0.5, 0.6) is 0 Å². The number of hydrogen-bond acceptors (Lipinski definition) is 4. The number of hydrogen-bond donors (Lipinski definition) is 0. The van der Waals surface area contributed by atoms with Crippen LogP contribution in [0.2, 0.25) is 10.0 Å². The molecule has 2 fully saturated rings. The van der Waals surface area contributed by atoms with E-state index in [1.807, 2.05) is 36.5 Å². The molecule has 0 N–H and O–H groups in total. The summed E-state index contributed by atoms with van der Waals surface area (Å²) in [7, 11) is 0. The molecule has 0 radical (unpaired) electrons. The number of fused-ring (bicyclic) bond motifs is 1. The van der Waals surface area contributed by atoms with Crippen molar-refractivity contribution < 1.29 is 14.4 Å². The van der Waals surface area contributed by atoms with Gasteiger partial charge < -0.3 is 9.47 Å². The van der Waals surface area contributed by atoms with Crippen molar-refractivity contribution in [1.82, 2.24) is 14.4 Å². The number of thioether (sulfide) groups is 1. The quantitative estimate of drug-likeness (QED) is 0.379. The molecule has 2 aliphatic rings. The second-order valence-corrected chi connectivity index (χ2v) is 10.5. The van der Waals surface area contributed by atoms with E-state index in [0.717, 1.165) is 58.0 Å². The van der Waals surface area contributed by atoms with Gasteiger partial charge in [-0.1, -0.05) is 47.5 Å². The van der Waals surface area contributed by atoms with Gasteiger partial charge in [0.05, 0.1) is 4.91 Å². The number of para-hydroxylation sites is 1. The Kier molecular flexibility index (Phi) is 6.91. The molecule has 2 aromatic carbocycles. The van der Waals surface area contributed by atoms with E-state index in [2.05, 4.69) is 4.57 Å². The van der Waals surface area contributed by atoms with Crippen molar-refractivity contribution in [1.29, 1.82) is 0 Å². The normalized spacial score (nSPS) is 17.7. The predicted octanol–water partition coefficient (Wildman–Crippen LogP) is 6.05. The Bertz CT molecular complexity index is 1360. The molecule has 3 amide bonds. The minimum absolute atomic E-state index is 0.176. The second-order valence-electron chi connectivity index (χ2n) is 8.67. The zero-order valence-electron chi connectivity index (χ0n) is 18.9. The van der Waals surface area contributed by atoms with Gasteiger partial charge in [-0.2, -0.15) is 0 Å². The van der Waals surface area contributed by atoms with Crippen molar-refractivity contribution in [2.75, 3.05) is 19.6 Å². The van der Waals surface area contributed by atoms with Crippen molar-refractivity contribution in [2.45, 2.75) is 25.8 Å². The fourth-order valence-electron chi connectivity index (χ4n) is 4.51. The summed E-state index contributed by atoms with van der Waals surface area (Å²) in [6, 6.07) is 13.3. The van der Waals surface area contributed by atoms with Gasteiger partial charge in [0, 0.05) is 52.3 Å². The molecule has 35 heavy (non-hydrogen) atoms. The van der Waals surface area contributed by atoms with Crippen LogP contribution in [0.1, 0.15) is 30.4 Å². The molecule has 0 aliphatic carbocycles. The van der Waals surface area contributed by atoms with E-state index in [1.165, 1.54) is 0 Å². The Hall–Kier alpha value is -2.74. The first-order valence-corrected chi connectivity index (χ1v) is 13.0. The third-order valence-electron chi connectivity index (χ3n) is 6.34. The number of nitrogens with zero attached hydrogens (tertiary/aromatic N) is 3. The third-order valence-corrected chi connectivity index (χ3v) is 7.83. The molecular weight excluding hydrogens is 505 g/mol. The molecule has 0 atom stereocenters. The summed E-state index contributed by atoms with van der Waals surface area (Å²) in [5.41, 5.74) is 2.71. The summed E-state index contributed by atoms with van der Waals surface area (Å²) in [5.74, 6) is -0.604. The smallest absolute Gasteiger partial charge is 0.294 e. The predicted molar refractivity (Wildman–Crippen MR) is 141 cm³/mol. The number of piperidine rings is 1. The molecule has 2 aliphatic heterocycles. The first kappa shape index (κ1) is 24.0. The van der Waals surface area contributed by atoms with Crippen LogP contribution in [-0.2, 0) is 16.1 Å². The average Bonchev–Trinajstić information content (AvgIpc) is 3.33. The minimum atomic E-state index is -0.428. The number of benzene rings is 2. The Morgan fingerprint density at radius 3 is 2.57 bits per heavy atom.